The van der Waals surface area contributed by atoms with E-state index in [0.717, 1.165) is 17.3 Å². The van der Waals surface area contributed by atoms with Crippen LogP contribution in [0.15, 0.2) is 30.7 Å². The molecule has 12 heteroatoms. The molecule has 174 valence electrons. The van der Waals surface area contributed by atoms with Gasteiger partial charge >= 0.3 is 6.18 Å². The van der Waals surface area contributed by atoms with Gasteiger partial charge in [0.2, 0.25) is 0 Å². The summed E-state index contributed by atoms with van der Waals surface area (Å²) in [5, 5.41) is 14.9. The minimum absolute atomic E-state index is 0.0148. The van der Waals surface area contributed by atoms with E-state index in [0.29, 0.717) is 27.3 Å². The molecule has 1 aliphatic heterocycles. The SMILES string of the molecule is COc1cc(-c2cc(C)c3c(n2)C(C)(O)N(c2cnn(CC(F)(F)F)c2)C3=O)cnc1OC. The maximum atomic E-state index is 13.2. The number of rotatable bonds is 5. The van der Waals surface area contributed by atoms with Crippen molar-refractivity contribution in [3.05, 3.63) is 47.5 Å². The van der Waals surface area contributed by atoms with Crippen LogP contribution < -0.4 is 14.4 Å². The molecule has 1 amide bonds. The molecule has 0 aliphatic carbocycles. The Morgan fingerprint density at radius 2 is 1.91 bits per heavy atom. The van der Waals surface area contributed by atoms with Crippen LogP contribution in [0.1, 0.15) is 28.5 Å². The first kappa shape index (κ1) is 22.5. The molecule has 0 spiro atoms. The number of carbonyl (C=O) groups is 1. The summed E-state index contributed by atoms with van der Waals surface area (Å²) in [7, 11) is 2.92. The van der Waals surface area contributed by atoms with E-state index in [4.69, 9.17) is 9.47 Å². The van der Waals surface area contributed by atoms with Crippen molar-refractivity contribution >= 4 is 11.6 Å². The summed E-state index contributed by atoms with van der Waals surface area (Å²) in [5.41, 5.74) is -0.174. The third kappa shape index (κ3) is 3.86. The van der Waals surface area contributed by atoms with Crippen LogP contribution >= 0.6 is 0 Å². The van der Waals surface area contributed by atoms with Gasteiger partial charge in [0.25, 0.3) is 11.8 Å². The van der Waals surface area contributed by atoms with Crippen molar-refractivity contribution in [2.75, 3.05) is 19.1 Å². The Bertz CT molecular complexity index is 1240. The first-order valence-corrected chi connectivity index (χ1v) is 9.73. The van der Waals surface area contributed by atoms with Crippen LogP contribution in [0.4, 0.5) is 18.9 Å². The van der Waals surface area contributed by atoms with E-state index in [1.165, 1.54) is 27.3 Å². The second-order valence-electron chi connectivity index (χ2n) is 7.66. The highest BCUT2D eigenvalue weighted by atomic mass is 19.4. The molecular formula is C21H20F3N5O4. The Kier molecular flexibility index (Phi) is 5.27. The van der Waals surface area contributed by atoms with Gasteiger partial charge < -0.3 is 14.6 Å². The molecule has 0 bridgehead atoms. The van der Waals surface area contributed by atoms with Gasteiger partial charge in [0, 0.05) is 18.0 Å². The van der Waals surface area contributed by atoms with E-state index >= 15 is 0 Å². The van der Waals surface area contributed by atoms with Gasteiger partial charge in [-0.3, -0.25) is 14.4 Å². The molecule has 0 fully saturated rings. The summed E-state index contributed by atoms with van der Waals surface area (Å²) < 4.78 is 49.2. The van der Waals surface area contributed by atoms with Crippen LogP contribution in [0.25, 0.3) is 11.3 Å². The first-order valence-electron chi connectivity index (χ1n) is 9.73. The largest absolute Gasteiger partial charge is 0.491 e. The monoisotopic (exact) mass is 463 g/mol. The lowest BCUT2D eigenvalue weighted by Gasteiger charge is -2.28. The molecule has 1 unspecified atom stereocenters. The molecule has 4 rings (SSSR count). The van der Waals surface area contributed by atoms with Gasteiger partial charge in [0.05, 0.1) is 37.4 Å². The van der Waals surface area contributed by atoms with Crippen molar-refractivity contribution in [2.45, 2.75) is 32.3 Å². The third-order valence-electron chi connectivity index (χ3n) is 5.26. The lowest BCUT2D eigenvalue weighted by molar-refractivity contribution is -0.142. The van der Waals surface area contributed by atoms with Gasteiger partial charge in [0.1, 0.15) is 12.2 Å². The van der Waals surface area contributed by atoms with E-state index in [1.807, 2.05) is 0 Å². The molecule has 3 aromatic rings. The zero-order valence-corrected chi connectivity index (χ0v) is 18.1. The van der Waals surface area contributed by atoms with Crippen LogP contribution in [0.2, 0.25) is 0 Å². The Hall–Kier alpha value is -3.67. The van der Waals surface area contributed by atoms with Crippen LogP contribution in [-0.2, 0) is 12.3 Å². The number of amides is 1. The Morgan fingerprint density at radius 3 is 2.55 bits per heavy atom. The highest BCUT2D eigenvalue weighted by molar-refractivity contribution is 6.12. The van der Waals surface area contributed by atoms with E-state index in [9.17, 15) is 23.1 Å². The molecule has 1 aliphatic rings. The normalized spacial score (nSPS) is 17.9. The third-order valence-corrected chi connectivity index (χ3v) is 5.26. The smallest absolute Gasteiger partial charge is 0.408 e. The number of aryl methyl sites for hydroxylation is 1. The fraction of sp³-hybridized carbons (Fsp3) is 0.333. The van der Waals surface area contributed by atoms with Gasteiger partial charge in [-0.25, -0.2) is 9.97 Å². The zero-order valence-electron chi connectivity index (χ0n) is 18.1. The minimum Gasteiger partial charge on any atom is -0.491 e. The highest BCUT2D eigenvalue weighted by Crippen LogP contribution is 2.42. The van der Waals surface area contributed by atoms with Crippen molar-refractivity contribution < 1.29 is 32.5 Å². The summed E-state index contributed by atoms with van der Waals surface area (Å²) >= 11 is 0. The van der Waals surface area contributed by atoms with E-state index < -0.39 is 24.4 Å². The predicted molar refractivity (Wildman–Crippen MR) is 110 cm³/mol. The van der Waals surface area contributed by atoms with Gasteiger partial charge in [-0.1, -0.05) is 0 Å². The van der Waals surface area contributed by atoms with Crippen molar-refractivity contribution in [1.82, 2.24) is 19.7 Å². The standard InChI is InChI=1S/C21H20F3N5O4/c1-11-5-14(12-6-15(32-3)18(33-4)25-7-12)27-17-16(11)19(30)29(20(17,2)31)13-8-26-28(9-13)10-21(22,23)24/h5-9,31H,10H2,1-4H3. The fourth-order valence-corrected chi connectivity index (χ4v) is 3.83. The summed E-state index contributed by atoms with van der Waals surface area (Å²) in [6.07, 6.45) is -0.816. The van der Waals surface area contributed by atoms with Gasteiger partial charge in [-0.15, -0.1) is 0 Å². The Balaban J connectivity index is 1.77. The highest BCUT2D eigenvalue weighted by Gasteiger charge is 2.49. The molecule has 9 nitrogen and oxygen atoms in total. The number of ether oxygens (including phenoxy) is 2. The maximum Gasteiger partial charge on any atom is 0.408 e. The molecule has 33 heavy (non-hydrogen) atoms. The summed E-state index contributed by atoms with van der Waals surface area (Å²) in [4.78, 5) is 22.8. The number of pyridine rings is 2. The quantitative estimate of drug-likeness (QED) is 0.621. The van der Waals surface area contributed by atoms with Gasteiger partial charge in [0.15, 0.2) is 11.5 Å². The molecule has 0 saturated heterocycles. The Labute approximate surface area is 186 Å². The molecular weight excluding hydrogens is 443 g/mol. The van der Waals surface area contributed by atoms with Crippen molar-refractivity contribution in [3.8, 4) is 22.9 Å². The van der Waals surface area contributed by atoms with E-state index in [1.54, 1.807) is 19.1 Å². The molecule has 0 saturated carbocycles. The predicted octanol–water partition coefficient (Wildman–Crippen LogP) is 3.05. The first-order chi connectivity index (χ1) is 15.5. The summed E-state index contributed by atoms with van der Waals surface area (Å²) in [6.45, 7) is 1.71. The van der Waals surface area contributed by atoms with Crippen molar-refractivity contribution in [3.63, 3.8) is 0 Å². The van der Waals surface area contributed by atoms with Crippen LogP contribution in [0.5, 0.6) is 11.6 Å². The number of nitrogens with zero attached hydrogens (tertiary/aromatic N) is 5. The number of alkyl halides is 3. The molecule has 1 atom stereocenters. The number of aliphatic hydroxyl groups is 1. The summed E-state index contributed by atoms with van der Waals surface area (Å²) in [5.74, 6) is 0.0587. The average Bonchev–Trinajstić information content (AvgIpc) is 3.25. The molecule has 0 aromatic carbocycles. The molecule has 3 aromatic heterocycles. The average molecular weight is 463 g/mol. The second kappa shape index (κ2) is 7.73. The van der Waals surface area contributed by atoms with Crippen LogP contribution in [-0.4, -0.2) is 51.2 Å². The minimum atomic E-state index is -4.48. The lowest BCUT2D eigenvalue weighted by atomic mass is 10.0. The van der Waals surface area contributed by atoms with Crippen LogP contribution in [0, 0.1) is 6.92 Å². The molecule has 0 radical (unpaired) electrons. The van der Waals surface area contributed by atoms with Crippen molar-refractivity contribution in [2.24, 2.45) is 0 Å². The summed E-state index contributed by atoms with van der Waals surface area (Å²) in [6, 6.07) is 3.32. The number of hydrogen-bond donors (Lipinski definition) is 1. The number of fused-ring (bicyclic) bond motifs is 1. The van der Waals surface area contributed by atoms with E-state index in [-0.39, 0.29) is 22.8 Å². The van der Waals surface area contributed by atoms with Crippen LogP contribution in [0.3, 0.4) is 0 Å². The lowest BCUT2D eigenvalue weighted by Crippen LogP contribution is -2.41. The maximum absolute atomic E-state index is 13.2. The second-order valence-corrected chi connectivity index (χ2v) is 7.66. The number of anilines is 1. The number of methoxy groups -OCH3 is 2. The van der Waals surface area contributed by atoms with E-state index in [2.05, 4.69) is 15.1 Å². The number of hydrogen-bond acceptors (Lipinski definition) is 7. The topological polar surface area (TPSA) is 103 Å². The number of carbonyl (C=O) groups excluding carboxylic acids is 1. The van der Waals surface area contributed by atoms with Gasteiger partial charge in [-0.2, -0.15) is 18.3 Å². The number of halogens is 3. The van der Waals surface area contributed by atoms with Crippen molar-refractivity contribution in [1.29, 1.82) is 0 Å². The molecule has 4 heterocycles. The number of aromatic nitrogens is 4. The van der Waals surface area contributed by atoms with Gasteiger partial charge in [-0.05, 0) is 31.5 Å². The Morgan fingerprint density at radius 1 is 1.18 bits per heavy atom. The zero-order chi connectivity index (χ0) is 24.1. The molecule has 1 N–H and O–H groups in total. The fourth-order valence-electron chi connectivity index (χ4n) is 3.83.